The van der Waals surface area contributed by atoms with Crippen LogP contribution in [0, 0.1) is 0 Å². The summed E-state index contributed by atoms with van der Waals surface area (Å²) in [5.74, 6) is 0.394. The van der Waals surface area contributed by atoms with Crippen molar-refractivity contribution >= 4 is 15.9 Å². The Hall–Kier alpha value is -0.420. The maximum Gasteiger partial charge on any atom is 0.267 e. The minimum absolute atomic E-state index is 0.0899. The highest BCUT2D eigenvalue weighted by Gasteiger charge is 2.21. The smallest absolute Gasteiger partial charge is 0.267 e. The van der Waals surface area contributed by atoms with Crippen LogP contribution < -0.4 is 0 Å². The number of unbranched alkanes of at least 4 members (excludes halogenated alkanes) is 3. The zero-order valence-corrected chi connectivity index (χ0v) is 14.1. The van der Waals surface area contributed by atoms with E-state index in [0.29, 0.717) is 25.0 Å². The molecule has 1 saturated carbocycles. The van der Waals surface area contributed by atoms with Gasteiger partial charge in [0, 0.05) is 12.8 Å². The number of Topliss-reactive ketones (excluding diaryl/α,β-unsaturated/α-hetero) is 1. The Balaban J connectivity index is 2.09. The second-order valence-corrected chi connectivity index (χ2v) is 7.79. The van der Waals surface area contributed by atoms with Crippen LogP contribution in [0.15, 0.2) is 0 Å². The van der Waals surface area contributed by atoms with Gasteiger partial charge in [-0.15, -0.1) is 0 Å². The summed E-state index contributed by atoms with van der Waals surface area (Å²) >= 11 is 0. The number of rotatable bonds is 11. The van der Waals surface area contributed by atoms with Gasteiger partial charge >= 0.3 is 0 Å². The molecule has 0 atom stereocenters. The highest BCUT2D eigenvalue weighted by atomic mass is 32.2. The molecule has 0 aliphatic heterocycles. The van der Waals surface area contributed by atoms with Crippen molar-refractivity contribution in [1.29, 1.82) is 0 Å². The molecule has 0 aromatic rings. The molecule has 0 spiro atoms. The average molecular weight is 318 g/mol. The lowest BCUT2D eigenvalue weighted by Crippen LogP contribution is -2.22. The maximum absolute atomic E-state index is 11.8. The van der Waals surface area contributed by atoms with Gasteiger partial charge in [-0.25, -0.2) is 0 Å². The van der Waals surface area contributed by atoms with Crippen molar-refractivity contribution in [2.24, 2.45) is 0 Å². The van der Waals surface area contributed by atoms with Crippen molar-refractivity contribution in [3.63, 3.8) is 0 Å². The normalized spacial score (nSPS) is 17.0. The van der Waals surface area contributed by atoms with Gasteiger partial charge in [-0.1, -0.05) is 39.0 Å². The summed E-state index contributed by atoms with van der Waals surface area (Å²) in [6.45, 7) is 2.07. The van der Waals surface area contributed by atoms with Crippen LogP contribution in [0.3, 0.4) is 0 Å². The highest BCUT2D eigenvalue weighted by Crippen LogP contribution is 2.22. The van der Waals surface area contributed by atoms with Gasteiger partial charge in [-0.3, -0.25) is 8.98 Å². The molecule has 0 aromatic carbocycles. The molecule has 1 rings (SSSR count). The number of hydrogen-bond donors (Lipinski definition) is 0. The predicted molar refractivity (Wildman–Crippen MR) is 84.7 cm³/mol. The summed E-state index contributed by atoms with van der Waals surface area (Å²) in [4.78, 5) is 11.5. The SMILES string of the molecule is CCCCC(=O)CCCCCS(=O)(=O)OC1CCCCC1. The van der Waals surface area contributed by atoms with Crippen LogP contribution in [0.1, 0.15) is 84.0 Å². The summed E-state index contributed by atoms with van der Waals surface area (Å²) < 4.78 is 29.0. The third kappa shape index (κ3) is 9.25. The molecule has 0 aromatic heterocycles. The Bertz CT molecular complexity index is 383. The molecule has 0 N–H and O–H groups in total. The molecule has 5 heteroatoms. The molecule has 21 heavy (non-hydrogen) atoms. The average Bonchev–Trinajstić information content (AvgIpc) is 2.45. The topological polar surface area (TPSA) is 60.4 Å². The minimum atomic E-state index is -3.38. The van der Waals surface area contributed by atoms with E-state index < -0.39 is 10.1 Å². The zero-order valence-electron chi connectivity index (χ0n) is 13.3. The molecular weight excluding hydrogens is 288 g/mol. The summed E-state index contributed by atoms with van der Waals surface area (Å²) in [5.41, 5.74) is 0. The molecule has 0 unspecified atom stereocenters. The first-order chi connectivity index (χ1) is 10.0. The van der Waals surface area contributed by atoms with Crippen LogP contribution in [0.5, 0.6) is 0 Å². The van der Waals surface area contributed by atoms with E-state index in [9.17, 15) is 13.2 Å². The quantitative estimate of drug-likeness (QED) is 0.427. The highest BCUT2D eigenvalue weighted by molar-refractivity contribution is 7.86. The summed E-state index contributed by atoms with van der Waals surface area (Å²) in [7, 11) is -3.38. The van der Waals surface area contributed by atoms with Crippen molar-refractivity contribution in [3.8, 4) is 0 Å². The Morgan fingerprint density at radius 1 is 1.00 bits per heavy atom. The van der Waals surface area contributed by atoms with Crippen molar-refractivity contribution in [1.82, 2.24) is 0 Å². The molecule has 0 amide bonds. The van der Waals surface area contributed by atoms with E-state index in [2.05, 4.69) is 6.92 Å². The number of ketones is 1. The fourth-order valence-electron chi connectivity index (χ4n) is 2.69. The molecule has 0 saturated heterocycles. The monoisotopic (exact) mass is 318 g/mol. The van der Waals surface area contributed by atoms with Crippen LogP contribution >= 0.6 is 0 Å². The van der Waals surface area contributed by atoms with Crippen LogP contribution in [0.2, 0.25) is 0 Å². The first-order valence-corrected chi connectivity index (χ1v) is 10.0. The lowest BCUT2D eigenvalue weighted by atomic mass is 9.98. The molecule has 0 heterocycles. The van der Waals surface area contributed by atoms with Crippen LogP contribution in [0.4, 0.5) is 0 Å². The van der Waals surface area contributed by atoms with Crippen molar-refractivity contribution in [2.75, 3.05) is 5.75 Å². The molecular formula is C16H30O4S. The van der Waals surface area contributed by atoms with E-state index in [0.717, 1.165) is 51.4 Å². The van der Waals surface area contributed by atoms with E-state index >= 15 is 0 Å². The Labute approximate surface area is 129 Å². The van der Waals surface area contributed by atoms with Gasteiger partial charge in [0.15, 0.2) is 0 Å². The molecule has 1 fully saturated rings. The van der Waals surface area contributed by atoms with Crippen LogP contribution in [0.25, 0.3) is 0 Å². The van der Waals surface area contributed by atoms with Crippen molar-refractivity contribution in [2.45, 2.75) is 90.1 Å². The maximum atomic E-state index is 11.8. The third-order valence-corrected chi connectivity index (χ3v) is 5.35. The number of carbonyl (C=O) groups excluding carboxylic acids is 1. The number of hydrogen-bond acceptors (Lipinski definition) is 4. The van der Waals surface area contributed by atoms with E-state index in [-0.39, 0.29) is 11.9 Å². The van der Waals surface area contributed by atoms with Gasteiger partial charge in [0.05, 0.1) is 11.9 Å². The second-order valence-electron chi connectivity index (χ2n) is 6.07. The van der Waals surface area contributed by atoms with E-state index in [4.69, 9.17) is 4.18 Å². The first kappa shape index (κ1) is 18.6. The zero-order chi connectivity index (χ0) is 15.6. The van der Waals surface area contributed by atoms with Gasteiger partial charge < -0.3 is 0 Å². The van der Waals surface area contributed by atoms with Crippen LogP contribution in [-0.4, -0.2) is 26.1 Å². The summed E-state index contributed by atoms with van der Waals surface area (Å²) in [6, 6.07) is 0. The third-order valence-electron chi connectivity index (χ3n) is 3.99. The molecule has 1 aliphatic carbocycles. The van der Waals surface area contributed by atoms with E-state index in [1.54, 1.807) is 0 Å². The van der Waals surface area contributed by atoms with Gasteiger partial charge in [0.1, 0.15) is 5.78 Å². The second kappa shape index (κ2) is 10.3. The minimum Gasteiger partial charge on any atom is -0.300 e. The standard InChI is InChI=1S/C16H30O4S/c1-2-3-10-15(17)11-6-5-9-14-21(18,19)20-16-12-7-4-8-13-16/h16H,2-14H2,1H3. The van der Waals surface area contributed by atoms with Gasteiger partial charge in [-0.05, 0) is 32.1 Å². The van der Waals surface area contributed by atoms with Crippen molar-refractivity contribution < 1.29 is 17.4 Å². The fourth-order valence-corrected chi connectivity index (χ4v) is 3.95. The Kier molecular flexibility index (Phi) is 9.16. The molecule has 0 bridgehead atoms. The van der Waals surface area contributed by atoms with E-state index in [1.807, 2.05) is 0 Å². The predicted octanol–water partition coefficient (Wildman–Crippen LogP) is 3.99. The molecule has 0 radical (unpaired) electrons. The van der Waals surface area contributed by atoms with Crippen LogP contribution in [-0.2, 0) is 19.1 Å². The molecule has 124 valence electrons. The fraction of sp³-hybridized carbons (Fsp3) is 0.938. The lowest BCUT2D eigenvalue weighted by molar-refractivity contribution is -0.119. The van der Waals surface area contributed by atoms with E-state index in [1.165, 1.54) is 6.42 Å². The largest absolute Gasteiger partial charge is 0.300 e. The Morgan fingerprint density at radius 3 is 2.33 bits per heavy atom. The van der Waals surface area contributed by atoms with Gasteiger partial charge in [0.2, 0.25) is 0 Å². The molecule has 1 aliphatic rings. The lowest BCUT2D eigenvalue weighted by Gasteiger charge is -2.21. The van der Waals surface area contributed by atoms with Crippen molar-refractivity contribution in [3.05, 3.63) is 0 Å². The Morgan fingerprint density at radius 2 is 1.67 bits per heavy atom. The summed E-state index contributed by atoms with van der Waals surface area (Å²) in [6.07, 6.45) is 10.4. The summed E-state index contributed by atoms with van der Waals surface area (Å²) in [5, 5.41) is 0. The van der Waals surface area contributed by atoms with Gasteiger partial charge in [-0.2, -0.15) is 8.42 Å². The van der Waals surface area contributed by atoms with Gasteiger partial charge in [0.25, 0.3) is 10.1 Å². The molecule has 4 nitrogen and oxygen atoms in total. The number of carbonyl (C=O) groups is 1. The first-order valence-electron chi connectivity index (χ1n) is 8.46.